The monoisotopic (exact) mass is 2220 g/mol. The summed E-state index contributed by atoms with van der Waals surface area (Å²) in [6.07, 6.45) is -2.57. The number of hydrogen-bond donors (Lipinski definition) is 10. The number of aromatic nitrogens is 15. The van der Waals surface area contributed by atoms with Gasteiger partial charge in [-0.2, -0.15) is 51.8 Å². The van der Waals surface area contributed by atoms with E-state index in [0.29, 0.717) is 70.3 Å². The van der Waals surface area contributed by atoms with Crippen LogP contribution in [0.25, 0.3) is 53.3 Å². The Labute approximate surface area is 881 Å². The summed E-state index contributed by atoms with van der Waals surface area (Å²) in [5.74, 6) is -6.50. The Morgan fingerprint density at radius 3 is 0.732 bits per heavy atom. The summed E-state index contributed by atoms with van der Waals surface area (Å²) in [5, 5.41) is 40.6. The number of pyridine rings is 5. The minimum absolute atomic E-state index is 0.0207. The molecule has 0 unspecified atom stereocenters. The largest absolute Gasteiger partial charge is 0.435 e. The fourth-order valence-electron chi connectivity index (χ4n) is 13.6. The highest BCUT2D eigenvalue weighted by Gasteiger charge is 2.40. The van der Waals surface area contributed by atoms with Crippen molar-refractivity contribution in [1.29, 1.82) is 0 Å². The zero-order valence-electron chi connectivity index (χ0n) is 77.3. The lowest BCUT2D eigenvalue weighted by Crippen LogP contribution is -2.23. The fourth-order valence-corrected chi connectivity index (χ4v) is 15.3. The third kappa shape index (κ3) is 26.3. The maximum Gasteiger partial charge on any atom is 0.435 e. The SMILES string of the molecule is [C-]#[N+]c1cc(C)c(NC(=O)c2cc(Br)nn2-c2ncccc2Cl)c(C(=O)NC)c1.[C-]#[N+]c1cc(C)c(NC(=O)c2cc(C(F)(F)F)nn2-c2ncccc2Cl)c(C(=O)NC)c1.[C-]#[N+]c1cc(C)c(NC(=O)c2cc(C(F)(F)F)nn2-c2ncccc2Cl)c(C(N)=O)c1.[C-]#[N+]c1cc(C)c(NC(=O)c2cc(Cl)nn2-c2ncccc2Cl)c(C(=O)NC)c1.[C-]#[N+]c1cc(C)c(NC(=O)c2cc(Cl)nn2-c2ncccc2Cl)c(C(N)=O)c1. The molecule has 12 N–H and O–H groups in total. The zero-order valence-corrected chi connectivity index (χ0v) is 84.2. The lowest BCUT2D eigenvalue weighted by atomic mass is 10.1. The molecule has 40 nitrogen and oxygen atoms in total. The van der Waals surface area contributed by atoms with Crippen LogP contribution < -0.4 is 54.0 Å². The van der Waals surface area contributed by atoms with Gasteiger partial charge in [-0.15, -0.1) is 0 Å². The molecule has 0 spiro atoms. The minimum atomic E-state index is -4.84. The molecule has 5 aromatic carbocycles. The van der Waals surface area contributed by atoms with Crippen LogP contribution in [0.5, 0.6) is 0 Å². The zero-order chi connectivity index (χ0) is 109. The maximum atomic E-state index is 13.3. The van der Waals surface area contributed by atoms with E-state index in [1.165, 1.54) is 164 Å². The van der Waals surface area contributed by atoms with Gasteiger partial charge >= 0.3 is 12.4 Å². The van der Waals surface area contributed by atoms with Crippen molar-refractivity contribution in [3.63, 3.8) is 0 Å². The number of rotatable bonds is 20. The average Bonchev–Trinajstić information content (AvgIpc) is 1.59. The molecule has 54 heteroatoms. The quantitative estimate of drug-likeness (QED) is 0.0250. The molecule has 754 valence electrons. The van der Waals surface area contributed by atoms with Crippen LogP contribution in [0.4, 0.5) is 83.2 Å². The Bertz CT molecular complexity index is 7990. The first kappa shape index (κ1) is 111. The number of carbonyl (C=O) groups is 10. The van der Waals surface area contributed by atoms with Crippen LogP contribution in [-0.2, 0) is 12.4 Å². The predicted molar refractivity (Wildman–Crippen MR) is 544 cm³/mol. The van der Waals surface area contributed by atoms with Crippen molar-refractivity contribution >= 4 is 213 Å². The molecule has 0 saturated carbocycles. The number of alkyl halides is 6. The first-order valence-electron chi connectivity index (χ1n) is 41.7. The van der Waals surface area contributed by atoms with Gasteiger partial charge in [-0.05, 0) is 169 Å². The van der Waals surface area contributed by atoms with Gasteiger partial charge in [0.05, 0.1) is 114 Å². The first-order chi connectivity index (χ1) is 70.6. The third-order valence-corrected chi connectivity index (χ3v) is 22.5. The van der Waals surface area contributed by atoms with E-state index in [9.17, 15) is 74.3 Å². The molecule has 15 rings (SSSR count). The van der Waals surface area contributed by atoms with Crippen molar-refractivity contribution in [3.8, 4) is 29.1 Å². The molecule has 0 aliphatic rings. The molecule has 0 atom stereocenters. The molecule has 0 saturated heterocycles. The van der Waals surface area contributed by atoms with E-state index in [1.807, 2.05) is 0 Å². The Hall–Kier alpha value is -17.9. The molecular weight excluding hydrogens is 2160 g/mol. The van der Waals surface area contributed by atoms with Crippen LogP contribution in [0, 0.1) is 67.5 Å². The molecule has 10 aromatic heterocycles. The number of primary amides is 2. The van der Waals surface area contributed by atoms with E-state index in [2.05, 4.69) is 133 Å². The number of nitrogens with zero attached hydrogens (tertiary/aromatic N) is 20. The van der Waals surface area contributed by atoms with Gasteiger partial charge in [-0.3, -0.25) is 47.9 Å². The summed E-state index contributed by atoms with van der Waals surface area (Å²) >= 11 is 45.8. The van der Waals surface area contributed by atoms with Gasteiger partial charge in [0.1, 0.15) is 33.1 Å². The van der Waals surface area contributed by atoms with Crippen LogP contribution in [-0.4, -0.2) is 154 Å². The Morgan fingerprint density at radius 1 is 0.309 bits per heavy atom. The molecular formula is C95H66BrCl7F6N30O10. The van der Waals surface area contributed by atoms with E-state index in [4.69, 9.17) is 126 Å². The molecule has 149 heavy (non-hydrogen) atoms. The smallest absolute Gasteiger partial charge is 0.366 e. The molecule has 0 aliphatic heterocycles. The number of anilines is 5. The minimum Gasteiger partial charge on any atom is -0.366 e. The second kappa shape index (κ2) is 48.2. The standard InChI is InChI=1S/C20H14ClF3N6O2.C19H14BrClN6O2.C19H14Cl2N6O2.C19H12ClF3N6O2.C18H12Cl2N6O2/c1-10-7-11(25-2)8-12(18(31)26-3)16(10)28-19(32)14-9-15(20(22,23)24)29-30(14)17-13(21)5-4-6-27-17;1-10-7-11(22-2)8-12(18(28)23-3)16(10)25-19(29)14-9-15(20)26-27(14)17-13(21)5-4-6-24-17;1-10-7-11(22-2)8-12(18(28)23-3)16(10)25-19(29)14-9-15(21)26-27(14)17-13(20)5-4-6-24-17;1-9-6-10(25-2)7-11(16(24)30)15(9)27-18(31)13-8-14(19(21,22)23)28-29(13)17-12(20)4-3-5-26-17;1-9-6-10(22-2)7-11(16(21)27)15(9)24-18(28)13-8-14(20)25-26(13)17-12(19)4-3-5-23-17/h4-9H,1,3H3,(H,26,31)(H,28,32);2*4-9H,1,3H3,(H,23,28)(H,25,29);3-8H,1H3,(H2,24,30)(H,27,31);3-8H,1H3,(H2,21,27)(H,24,28). The second-order valence-electron chi connectivity index (χ2n) is 30.2. The number of amides is 10. The van der Waals surface area contributed by atoms with Crippen LogP contribution >= 0.6 is 97.1 Å². The Kier molecular flexibility index (Phi) is 36.1. The van der Waals surface area contributed by atoms with Crippen molar-refractivity contribution in [3.05, 3.63) is 375 Å². The molecule has 0 aliphatic carbocycles. The highest BCUT2D eigenvalue weighted by atomic mass is 79.9. The Balaban J connectivity index is 0.000000177. The number of benzene rings is 5. The molecule has 0 radical (unpaired) electrons. The molecule has 0 fully saturated rings. The van der Waals surface area contributed by atoms with E-state index in [-0.39, 0.29) is 150 Å². The summed E-state index contributed by atoms with van der Waals surface area (Å²) in [6.45, 7) is 43.8. The van der Waals surface area contributed by atoms with Gasteiger partial charge in [0.25, 0.3) is 47.3 Å². The van der Waals surface area contributed by atoms with Gasteiger partial charge in [0.15, 0.2) is 79.2 Å². The van der Waals surface area contributed by atoms with Crippen LogP contribution in [0.15, 0.2) is 187 Å². The van der Waals surface area contributed by atoms with Crippen molar-refractivity contribution in [1.82, 2.24) is 89.8 Å². The van der Waals surface area contributed by atoms with Gasteiger partial charge in [-0.25, -0.2) is 72.6 Å². The number of aryl methyl sites for hydroxylation is 5. The summed E-state index contributed by atoms with van der Waals surface area (Å²) in [4.78, 5) is 162. The van der Waals surface area contributed by atoms with Crippen LogP contribution in [0.3, 0.4) is 0 Å². The third-order valence-electron chi connectivity index (χ3n) is 20.3. The summed E-state index contributed by atoms with van der Waals surface area (Å²) in [5.41, 5.74) is 11.7. The summed E-state index contributed by atoms with van der Waals surface area (Å²) < 4.78 is 85.2. The van der Waals surface area contributed by atoms with E-state index in [0.717, 1.165) is 0 Å². The lowest BCUT2D eigenvalue weighted by Gasteiger charge is -2.15. The normalized spacial score (nSPS) is 10.6. The molecule has 0 bridgehead atoms. The van der Waals surface area contributed by atoms with Gasteiger partial charge in [0.2, 0.25) is 11.8 Å². The summed E-state index contributed by atoms with van der Waals surface area (Å²) in [7, 11) is 4.30. The predicted octanol–water partition coefficient (Wildman–Crippen LogP) is 20.5. The average molecular weight is 2230 g/mol. The number of nitrogens with two attached hydrogens (primary N) is 2. The highest BCUT2D eigenvalue weighted by molar-refractivity contribution is 9.10. The van der Waals surface area contributed by atoms with Gasteiger partial charge in [0, 0.05) is 82.5 Å². The number of hydrogen-bond acceptors (Lipinski definition) is 20. The van der Waals surface area contributed by atoms with E-state index < -0.39 is 94.2 Å². The van der Waals surface area contributed by atoms with Crippen molar-refractivity contribution in [2.24, 2.45) is 11.5 Å². The highest BCUT2D eigenvalue weighted by Crippen LogP contribution is 2.39. The number of nitrogens with one attached hydrogen (secondary N) is 8. The van der Waals surface area contributed by atoms with Gasteiger partial charge in [-0.1, -0.05) is 112 Å². The molecule has 10 heterocycles. The second-order valence-corrected chi connectivity index (χ2v) is 33.8. The maximum absolute atomic E-state index is 13.3. The number of carbonyl (C=O) groups excluding carboxylic acids is 10. The van der Waals surface area contributed by atoms with E-state index >= 15 is 0 Å². The first-order valence-corrected chi connectivity index (χ1v) is 45.1. The van der Waals surface area contributed by atoms with Gasteiger partial charge < -0.3 is 54.0 Å². The number of halogens is 14. The fraction of sp³-hybridized carbons (Fsp3) is 0.105. The Morgan fingerprint density at radius 2 is 0.517 bits per heavy atom. The van der Waals surface area contributed by atoms with Crippen molar-refractivity contribution in [2.75, 3.05) is 47.7 Å². The van der Waals surface area contributed by atoms with E-state index in [1.54, 1.807) is 76.2 Å². The molecule has 10 amide bonds. The lowest BCUT2D eigenvalue weighted by molar-refractivity contribution is -0.142. The van der Waals surface area contributed by atoms with Crippen LogP contribution in [0.2, 0.25) is 35.4 Å². The topological polar surface area (TPSA) is 494 Å². The van der Waals surface area contributed by atoms with Crippen molar-refractivity contribution in [2.45, 2.75) is 47.0 Å². The molecule has 15 aromatic rings. The summed E-state index contributed by atoms with van der Waals surface area (Å²) in [6, 6.07) is 34.9. The van der Waals surface area contributed by atoms with Crippen LogP contribution in [0.1, 0.15) is 143 Å². The van der Waals surface area contributed by atoms with Crippen molar-refractivity contribution < 1.29 is 74.3 Å².